The number of rotatable bonds is 4. The van der Waals surface area contributed by atoms with Crippen molar-refractivity contribution in [3.63, 3.8) is 0 Å². The number of hydrogen-bond acceptors (Lipinski definition) is 4. The van der Waals surface area contributed by atoms with Gasteiger partial charge in [-0.1, -0.05) is 0 Å². The highest BCUT2D eigenvalue weighted by atomic mass is 16.5. The zero-order valence-electron chi connectivity index (χ0n) is 9.43. The second kappa shape index (κ2) is 4.40. The van der Waals surface area contributed by atoms with Gasteiger partial charge in [0, 0.05) is 13.1 Å². The first-order chi connectivity index (χ1) is 7.69. The summed E-state index contributed by atoms with van der Waals surface area (Å²) in [5, 5.41) is 4.19. The van der Waals surface area contributed by atoms with Gasteiger partial charge in [-0.05, 0) is 19.1 Å². The van der Waals surface area contributed by atoms with E-state index in [-0.39, 0.29) is 0 Å². The van der Waals surface area contributed by atoms with E-state index in [9.17, 15) is 0 Å². The number of ether oxygens (including phenoxy) is 1. The fraction of sp³-hybridized carbons (Fsp3) is 0.364. The fourth-order valence-electron chi connectivity index (χ4n) is 1.48. The smallest absolute Gasteiger partial charge is 0.212 e. The molecule has 0 amide bonds. The molecule has 0 atom stereocenters. The Bertz CT molecular complexity index is 473. The molecule has 2 rings (SSSR count). The molecule has 0 aliphatic rings. The van der Waals surface area contributed by atoms with Crippen molar-refractivity contribution in [1.82, 2.24) is 9.78 Å². The molecule has 0 bridgehead atoms. The molecule has 5 nitrogen and oxygen atoms in total. The lowest BCUT2D eigenvalue weighted by Gasteiger charge is -2.03. The van der Waals surface area contributed by atoms with Crippen LogP contribution in [0.15, 0.2) is 22.6 Å². The monoisotopic (exact) mass is 221 g/mol. The van der Waals surface area contributed by atoms with Crippen LogP contribution in [0.4, 0.5) is 0 Å². The Labute approximate surface area is 93.8 Å². The summed E-state index contributed by atoms with van der Waals surface area (Å²) in [5.74, 6) is 2.25. The summed E-state index contributed by atoms with van der Waals surface area (Å²) < 4.78 is 12.7. The predicted molar refractivity (Wildman–Crippen MR) is 58.9 cm³/mol. The predicted octanol–water partition coefficient (Wildman–Crippen LogP) is 1.36. The first-order valence-corrected chi connectivity index (χ1v) is 5.10. The van der Waals surface area contributed by atoms with Crippen molar-refractivity contribution < 1.29 is 9.15 Å². The van der Waals surface area contributed by atoms with Crippen LogP contribution >= 0.6 is 0 Å². The van der Waals surface area contributed by atoms with Crippen LogP contribution in [-0.2, 0) is 20.2 Å². The van der Waals surface area contributed by atoms with Crippen LogP contribution in [0.25, 0.3) is 0 Å². The van der Waals surface area contributed by atoms with E-state index in [4.69, 9.17) is 14.9 Å². The minimum Gasteiger partial charge on any atom is -0.470 e. The molecular weight excluding hydrogens is 206 g/mol. The highest BCUT2D eigenvalue weighted by Gasteiger charge is 2.05. The van der Waals surface area contributed by atoms with Crippen molar-refractivity contribution in [3.05, 3.63) is 35.4 Å². The normalized spacial score (nSPS) is 10.7. The number of hydrogen-bond donors (Lipinski definition) is 1. The number of furan rings is 1. The van der Waals surface area contributed by atoms with E-state index in [0.717, 1.165) is 23.1 Å². The maximum Gasteiger partial charge on any atom is 0.212 e. The third-order valence-corrected chi connectivity index (χ3v) is 2.24. The molecule has 0 fully saturated rings. The van der Waals surface area contributed by atoms with Crippen molar-refractivity contribution in [2.75, 3.05) is 0 Å². The van der Waals surface area contributed by atoms with Crippen LogP contribution < -0.4 is 10.5 Å². The molecule has 0 spiro atoms. The molecule has 0 radical (unpaired) electrons. The molecule has 16 heavy (non-hydrogen) atoms. The largest absolute Gasteiger partial charge is 0.470 e. The molecule has 2 N–H and O–H groups in total. The van der Waals surface area contributed by atoms with Crippen LogP contribution in [-0.4, -0.2) is 9.78 Å². The summed E-state index contributed by atoms with van der Waals surface area (Å²) in [7, 11) is 1.84. The standard InChI is InChI=1S/C11H15N3O2/c1-8-5-11(14(2)13-8)15-7-10-4-3-9(6-12)16-10/h3-5H,6-7,12H2,1-2H3. The lowest BCUT2D eigenvalue weighted by atomic mass is 10.4. The molecule has 2 aromatic heterocycles. The molecule has 0 aliphatic heterocycles. The number of aromatic nitrogens is 2. The third-order valence-electron chi connectivity index (χ3n) is 2.24. The van der Waals surface area contributed by atoms with E-state index in [1.54, 1.807) is 4.68 Å². The molecule has 86 valence electrons. The summed E-state index contributed by atoms with van der Waals surface area (Å²) in [6.45, 7) is 2.72. The minimum atomic E-state index is 0.388. The molecule has 0 saturated heterocycles. The third kappa shape index (κ3) is 2.25. The first-order valence-electron chi connectivity index (χ1n) is 5.10. The number of nitrogens with zero attached hydrogens (tertiary/aromatic N) is 2. The van der Waals surface area contributed by atoms with E-state index >= 15 is 0 Å². The first kappa shape index (κ1) is 10.8. The zero-order chi connectivity index (χ0) is 11.5. The molecule has 0 unspecified atom stereocenters. The molecule has 0 saturated carbocycles. The molecule has 2 heterocycles. The van der Waals surface area contributed by atoms with Gasteiger partial charge < -0.3 is 14.9 Å². The highest BCUT2D eigenvalue weighted by molar-refractivity contribution is 5.15. The van der Waals surface area contributed by atoms with Gasteiger partial charge in [0.25, 0.3) is 0 Å². The molecule has 0 aliphatic carbocycles. The van der Waals surface area contributed by atoms with E-state index in [2.05, 4.69) is 5.10 Å². The van der Waals surface area contributed by atoms with Gasteiger partial charge in [0.15, 0.2) is 0 Å². The van der Waals surface area contributed by atoms with Crippen LogP contribution in [0.5, 0.6) is 5.88 Å². The van der Waals surface area contributed by atoms with Crippen LogP contribution in [0, 0.1) is 6.92 Å². The maximum atomic E-state index is 5.57. The lowest BCUT2D eigenvalue weighted by Crippen LogP contribution is -2.00. The quantitative estimate of drug-likeness (QED) is 0.846. The SMILES string of the molecule is Cc1cc(OCc2ccc(CN)o2)n(C)n1. The van der Waals surface area contributed by atoms with E-state index in [1.807, 2.05) is 32.2 Å². The fourth-order valence-corrected chi connectivity index (χ4v) is 1.48. The Morgan fingerprint density at radius 2 is 2.19 bits per heavy atom. The van der Waals surface area contributed by atoms with E-state index in [0.29, 0.717) is 13.2 Å². The zero-order valence-corrected chi connectivity index (χ0v) is 9.43. The maximum absolute atomic E-state index is 5.57. The summed E-state index contributed by atoms with van der Waals surface area (Å²) in [6.07, 6.45) is 0. The van der Waals surface area contributed by atoms with Crippen molar-refractivity contribution in [2.24, 2.45) is 12.8 Å². The summed E-state index contributed by atoms with van der Waals surface area (Å²) >= 11 is 0. The molecular formula is C11H15N3O2. The van der Waals surface area contributed by atoms with Crippen molar-refractivity contribution in [3.8, 4) is 5.88 Å². The van der Waals surface area contributed by atoms with Crippen molar-refractivity contribution in [1.29, 1.82) is 0 Å². The molecule has 5 heteroatoms. The van der Waals surface area contributed by atoms with Gasteiger partial charge >= 0.3 is 0 Å². The van der Waals surface area contributed by atoms with Gasteiger partial charge in [-0.25, -0.2) is 4.68 Å². The Hall–Kier alpha value is -1.75. The Balaban J connectivity index is 1.99. The van der Waals surface area contributed by atoms with E-state index in [1.165, 1.54) is 0 Å². The highest BCUT2D eigenvalue weighted by Crippen LogP contribution is 2.14. The van der Waals surface area contributed by atoms with Crippen molar-refractivity contribution in [2.45, 2.75) is 20.1 Å². The van der Waals surface area contributed by atoms with Gasteiger partial charge in [0.05, 0.1) is 12.2 Å². The lowest BCUT2D eigenvalue weighted by molar-refractivity contribution is 0.246. The topological polar surface area (TPSA) is 66.2 Å². The second-order valence-corrected chi connectivity index (χ2v) is 3.61. The van der Waals surface area contributed by atoms with Crippen molar-refractivity contribution >= 4 is 0 Å². The van der Waals surface area contributed by atoms with E-state index < -0.39 is 0 Å². The average molecular weight is 221 g/mol. The Morgan fingerprint density at radius 1 is 1.44 bits per heavy atom. The van der Waals surface area contributed by atoms with Gasteiger partial charge in [0.1, 0.15) is 18.1 Å². The summed E-state index contributed by atoms with van der Waals surface area (Å²) in [5.41, 5.74) is 6.38. The van der Waals surface area contributed by atoms with Crippen LogP contribution in [0.1, 0.15) is 17.2 Å². The number of aryl methyl sites for hydroxylation is 2. The Morgan fingerprint density at radius 3 is 2.75 bits per heavy atom. The molecule has 2 aromatic rings. The molecule has 0 aromatic carbocycles. The second-order valence-electron chi connectivity index (χ2n) is 3.61. The van der Waals surface area contributed by atoms with Gasteiger partial charge in [-0.3, -0.25) is 0 Å². The minimum absolute atomic E-state index is 0.388. The van der Waals surface area contributed by atoms with Crippen LogP contribution in [0.2, 0.25) is 0 Å². The Kier molecular flexibility index (Phi) is 2.96. The summed E-state index contributed by atoms with van der Waals surface area (Å²) in [4.78, 5) is 0. The van der Waals surface area contributed by atoms with Gasteiger partial charge in [-0.2, -0.15) is 5.10 Å². The van der Waals surface area contributed by atoms with Gasteiger partial charge in [0.2, 0.25) is 5.88 Å². The van der Waals surface area contributed by atoms with Gasteiger partial charge in [-0.15, -0.1) is 0 Å². The number of nitrogens with two attached hydrogens (primary N) is 1. The van der Waals surface area contributed by atoms with Crippen LogP contribution in [0.3, 0.4) is 0 Å². The average Bonchev–Trinajstić information content (AvgIpc) is 2.82. The summed E-state index contributed by atoms with van der Waals surface area (Å²) in [6, 6.07) is 5.60.